The number of hydrogen-bond acceptors (Lipinski definition) is 7. The lowest BCUT2D eigenvalue weighted by molar-refractivity contribution is -0.126. The van der Waals surface area contributed by atoms with Crippen molar-refractivity contribution in [3.63, 3.8) is 0 Å². The van der Waals surface area contributed by atoms with Crippen molar-refractivity contribution in [2.75, 3.05) is 25.1 Å². The highest BCUT2D eigenvalue weighted by atomic mass is 35.5. The monoisotopic (exact) mass is 549 g/mol. The summed E-state index contributed by atoms with van der Waals surface area (Å²) in [4.78, 5) is 37.0. The Bertz CT molecular complexity index is 1380. The largest absolute Gasteiger partial charge is 0.394 e. The molecule has 0 aliphatic carbocycles. The van der Waals surface area contributed by atoms with E-state index >= 15 is 0 Å². The number of benzene rings is 2. The van der Waals surface area contributed by atoms with E-state index in [1.165, 1.54) is 4.90 Å². The van der Waals surface area contributed by atoms with Crippen LogP contribution in [-0.2, 0) is 16.1 Å². The van der Waals surface area contributed by atoms with Crippen LogP contribution < -0.4 is 10.6 Å². The van der Waals surface area contributed by atoms with Crippen LogP contribution in [0, 0.1) is 6.92 Å². The lowest BCUT2D eigenvalue weighted by Gasteiger charge is -2.26. The Kier molecular flexibility index (Phi) is 8.11. The fourth-order valence-corrected chi connectivity index (χ4v) is 5.20. The third-order valence-corrected chi connectivity index (χ3v) is 7.58. The van der Waals surface area contributed by atoms with E-state index < -0.39 is 12.1 Å². The zero-order chi connectivity index (χ0) is 27.5. The molecule has 3 heterocycles. The van der Waals surface area contributed by atoms with Crippen LogP contribution in [0.4, 0.5) is 5.95 Å². The molecule has 2 amide bonds. The maximum absolute atomic E-state index is 13.4. The molecule has 0 radical (unpaired) electrons. The molecule has 9 nitrogen and oxygen atoms in total. The van der Waals surface area contributed by atoms with Crippen LogP contribution in [0.25, 0.3) is 11.3 Å². The predicted octanol–water partition coefficient (Wildman–Crippen LogP) is 3.89. The van der Waals surface area contributed by atoms with Gasteiger partial charge in [0, 0.05) is 36.9 Å². The molecule has 3 aromatic rings. The minimum absolute atomic E-state index is 0.229. The van der Waals surface area contributed by atoms with Crippen molar-refractivity contribution in [3.05, 3.63) is 75.9 Å². The van der Waals surface area contributed by atoms with Gasteiger partial charge in [-0.2, -0.15) is 0 Å². The van der Waals surface area contributed by atoms with Crippen molar-refractivity contribution in [2.24, 2.45) is 0 Å². The van der Waals surface area contributed by atoms with E-state index in [4.69, 9.17) is 16.3 Å². The predicted molar refractivity (Wildman–Crippen MR) is 148 cm³/mol. The van der Waals surface area contributed by atoms with Crippen molar-refractivity contribution >= 4 is 29.4 Å². The van der Waals surface area contributed by atoms with Crippen molar-refractivity contribution in [1.82, 2.24) is 20.2 Å². The third-order valence-electron chi connectivity index (χ3n) is 7.30. The SMILES string of the molecule is Cc1cccc([C@@H](CO)NC(=O)[C@@H](C)N2Cc3ccc(-c4nc(NC5CCOCC5)ncc4Cl)cc3C2=O)c1. The van der Waals surface area contributed by atoms with Gasteiger partial charge < -0.3 is 25.4 Å². The molecular weight excluding hydrogens is 518 g/mol. The van der Waals surface area contributed by atoms with Gasteiger partial charge in [0.2, 0.25) is 11.9 Å². The molecule has 2 atom stereocenters. The Labute approximate surface area is 232 Å². The summed E-state index contributed by atoms with van der Waals surface area (Å²) in [6.07, 6.45) is 3.31. The normalized spacial score (nSPS) is 17.0. The van der Waals surface area contributed by atoms with Crippen LogP contribution >= 0.6 is 11.6 Å². The first-order chi connectivity index (χ1) is 18.8. The first kappa shape index (κ1) is 27.1. The number of aliphatic hydroxyl groups is 1. The Morgan fingerprint density at radius 1 is 1.23 bits per heavy atom. The van der Waals surface area contributed by atoms with Crippen LogP contribution in [0.15, 0.2) is 48.7 Å². The Hall–Kier alpha value is -3.53. The van der Waals surface area contributed by atoms with E-state index in [0.29, 0.717) is 47.6 Å². The smallest absolute Gasteiger partial charge is 0.255 e. The number of fused-ring (bicyclic) bond motifs is 1. The van der Waals surface area contributed by atoms with Crippen LogP contribution in [0.3, 0.4) is 0 Å². The highest BCUT2D eigenvalue weighted by molar-refractivity contribution is 6.33. The van der Waals surface area contributed by atoms with E-state index in [1.807, 2.05) is 43.3 Å². The van der Waals surface area contributed by atoms with Crippen LogP contribution in [-0.4, -0.2) is 63.7 Å². The molecular formula is C29H32ClN5O4. The molecule has 0 unspecified atom stereocenters. The summed E-state index contributed by atoms with van der Waals surface area (Å²) in [5, 5.41) is 16.5. The molecule has 204 valence electrons. The number of aryl methyl sites for hydroxylation is 1. The molecule has 1 fully saturated rings. The number of carbonyl (C=O) groups excluding carboxylic acids is 2. The number of anilines is 1. The van der Waals surface area contributed by atoms with E-state index in [2.05, 4.69) is 20.6 Å². The number of aliphatic hydroxyl groups excluding tert-OH is 1. The summed E-state index contributed by atoms with van der Waals surface area (Å²) >= 11 is 6.46. The summed E-state index contributed by atoms with van der Waals surface area (Å²) in [5.74, 6) is -0.0944. The van der Waals surface area contributed by atoms with Gasteiger partial charge in [-0.1, -0.05) is 53.6 Å². The molecule has 2 aliphatic rings. The molecule has 10 heteroatoms. The van der Waals surface area contributed by atoms with E-state index in [0.717, 1.165) is 29.5 Å². The molecule has 0 saturated carbocycles. The second kappa shape index (κ2) is 11.7. The van der Waals surface area contributed by atoms with Gasteiger partial charge in [-0.15, -0.1) is 0 Å². The minimum Gasteiger partial charge on any atom is -0.394 e. The van der Waals surface area contributed by atoms with Crippen molar-refractivity contribution in [3.8, 4) is 11.3 Å². The topological polar surface area (TPSA) is 117 Å². The second-order valence-corrected chi connectivity index (χ2v) is 10.5. The minimum atomic E-state index is -0.731. The van der Waals surface area contributed by atoms with Gasteiger partial charge >= 0.3 is 0 Å². The fraction of sp³-hybridized carbons (Fsp3) is 0.379. The maximum atomic E-state index is 13.4. The molecule has 39 heavy (non-hydrogen) atoms. The lowest BCUT2D eigenvalue weighted by Crippen LogP contribution is -2.46. The number of rotatable bonds is 8. The quantitative estimate of drug-likeness (QED) is 0.390. The third kappa shape index (κ3) is 5.90. The molecule has 2 aliphatic heterocycles. The fourth-order valence-electron chi connectivity index (χ4n) is 5.00. The van der Waals surface area contributed by atoms with E-state index in [9.17, 15) is 14.7 Å². The number of aromatic nitrogens is 2. The standard InChI is InChI=1S/C29H32ClN5O4/c1-17-4-3-5-19(12-17)25(16-36)33-27(37)18(2)35-15-21-7-6-20(13-23(21)28(35)38)26-24(30)14-31-29(34-26)32-22-8-10-39-11-9-22/h3-7,12-14,18,22,25,36H,8-11,15-16H2,1-2H3,(H,33,37)(H,31,32,34)/t18-,25-/m1/s1. The molecule has 0 spiro atoms. The molecule has 3 N–H and O–H groups in total. The van der Waals surface area contributed by atoms with Gasteiger partial charge in [-0.25, -0.2) is 9.97 Å². The Balaban J connectivity index is 1.31. The summed E-state index contributed by atoms with van der Waals surface area (Å²) in [6, 6.07) is 12.1. The van der Waals surface area contributed by atoms with Crippen molar-refractivity contribution in [2.45, 2.75) is 51.4 Å². The molecule has 0 bridgehead atoms. The maximum Gasteiger partial charge on any atom is 0.255 e. The van der Waals surface area contributed by atoms with Gasteiger partial charge in [0.05, 0.1) is 29.6 Å². The molecule has 2 aromatic carbocycles. The average Bonchev–Trinajstić information content (AvgIpc) is 3.28. The summed E-state index contributed by atoms with van der Waals surface area (Å²) in [5.41, 5.74) is 4.41. The zero-order valence-electron chi connectivity index (χ0n) is 22.0. The van der Waals surface area contributed by atoms with Gasteiger partial charge in [-0.3, -0.25) is 9.59 Å². The Morgan fingerprint density at radius 2 is 2.03 bits per heavy atom. The van der Waals surface area contributed by atoms with Crippen molar-refractivity contribution in [1.29, 1.82) is 0 Å². The average molecular weight is 550 g/mol. The zero-order valence-corrected chi connectivity index (χ0v) is 22.7. The van der Waals surface area contributed by atoms with Crippen molar-refractivity contribution < 1.29 is 19.4 Å². The molecule has 1 saturated heterocycles. The van der Waals surface area contributed by atoms with Gasteiger partial charge in [0.15, 0.2) is 0 Å². The molecule has 5 rings (SSSR count). The number of nitrogens with one attached hydrogen (secondary N) is 2. The van der Waals surface area contributed by atoms with Crippen LogP contribution in [0.1, 0.15) is 52.9 Å². The van der Waals surface area contributed by atoms with Gasteiger partial charge in [0.1, 0.15) is 6.04 Å². The van der Waals surface area contributed by atoms with E-state index in [1.54, 1.807) is 19.2 Å². The second-order valence-electron chi connectivity index (χ2n) is 10.1. The first-order valence-corrected chi connectivity index (χ1v) is 13.5. The summed E-state index contributed by atoms with van der Waals surface area (Å²) in [7, 11) is 0. The number of hydrogen-bond donors (Lipinski definition) is 3. The van der Waals surface area contributed by atoms with Crippen LogP contribution in [0.2, 0.25) is 5.02 Å². The lowest BCUT2D eigenvalue weighted by atomic mass is 10.0. The number of nitrogens with zero attached hydrogens (tertiary/aromatic N) is 3. The Morgan fingerprint density at radius 3 is 2.77 bits per heavy atom. The summed E-state index contributed by atoms with van der Waals surface area (Å²) < 4.78 is 5.42. The first-order valence-electron chi connectivity index (χ1n) is 13.1. The van der Waals surface area contributed by atoms with Gasteiger partial charge in [-0.05, 0) is 43.9 Å². The summed E-state index contributed by atoms with van der Waals surface area (Å²) in [6.45, 7) is 5.11. The van der Waals surface area contributed by atoms with Gasteiger partial charge in [0.25, 0.3) is 5.91 Å². The van der Waals surface area contributed by atoms with Crippen LogP contribution in [0.5, 0.6) is 0 Å². The molecule has 1 aromatic heterocycles. The number of ether oxygens (including phenoxy) is 1. The highest BCUT2D eigenvalue weighted by Crippen LogP contribution is 2.32. The highest BCUT2D eigenvalue weighted by Gasteiger charge is 2.35. The van der Waals surface area contributed by atoms with E-state index in [-0.39, 0.29) is 24.5 Å². The number of amides is 2. The number of halogens is 1. The number of carbonyl (C=O) groups is 2.